The van der Waals surface area contributed by atoms with Crippen molar-refractivity contribution in [3.8, 4) is 11.4 Å². The van der Waals surface area contributed by atoms with Crippen LogP contribution in [0.4, 0.5) is 5.82 Å². The van der Waals surface area contributed by atoms with E-state index in [1.807, 2.05) is 30.5 Å². The van der Waals surface area contributed by atoms with Crippen molar-refractivity contribution in [1.82, 2.24) is 14.7 Å². The molecule has 0 amide bonds. The molecule has 5 nitrogen and oxygen atoms in total. The summed E-state index contributed by atoms with van der Waals surface area (Å²) in [6.45, 7) is 3.18. The molecule has 1 aromatic carbocycles. The van der Waals surface area contributed by atoms with Gasteiger partial charge in [0.1, 0.15) is 17.3 Å². The molecule has 0 atom stereocenters. The van der Waals surface area contributed by atoms with Crippen molar-refractivity contribution in [2.24, 2.45) is 0 Å². The standard InChI is InChI=1S/C17H24N4O/c1-22-16-9-5-4-8-15(16)21-17(18)14(12-19-21)13-20-10-6-2-3-7-11-20/h4-5,8-9,12H,2-3,6-7,10-11,13,18H2,1H3. The second-order valence-corrected chi connectivity index (χ2v) is 5.83. The highest BCUT2D eigenvalue weighted by Gasteiger charge is 2.16. The average Bonchev–Trinajstić information content (AvgIpc) is 2.76. The number of nitrogens with zero attached hydrogens (tertiary/aromatic N) is 3. The number of nitrogen functional groups attached to an aromatic ring is 1. The van der Waals surface area contributed by atoms with Gasteiger partial charge in [-0.3, -0.25) is 4.90 Å². The van der Waals surface area contributed by atoms with Crippen LogP contribution in [0.3, 0.4) is 0 Å². The van der Waals surface area contributed by atoms with E-state index in [9.17, 15) is 0 Å². The summed E-state index contributed by atoms with van der Waals surface area (Å²) < 4.78 is 7.17. The first kappa shape index (κ1) is 14.9. The molecule has 0 spiro atoms. The lowest BCUT2D eigenvalue weighted by molar-refractivity contribution is 0.277. The maximum atomic E-state index is 6.33. The van der Waals surface area contributed by atoms with Crippen LogP contribution in [-0.4, -0.2) is 34.9 Å². The zero-order valence-electron chi connectivity index (χ0n) is 13.2. The number of hydrogen-bond donors (Lipinski definition) is 1. The van der Waals surface area contributed by atoms with Crippen LogP contribution in [0.15, 0.2) is 30.5 Å². The molecule has 2 aromatic rings. The summed E-state index contributed by atoms with van der Waals surface area (Å²) in [5, 5.41) is 4.47. The number of aromatic nitrogens is 2. The van der Waals surface area contributed by atoms with E-state index in [0.717, 1.165) is 36.6 Å². The van der Waals surface area contributed by atoms with Gasteiger partial charge in [0, 0.05) is 12.1 Å². The highest BCUT2D eigenvalue weighted by molar-refractivity contribution is 5.53. The van der Waals surface area contributed by atoms with Gasteiger partial charge in [-0.1, -0.05) is 25.0 Å². The predicted octanol–water partition coefficient (Wildman–Crippen LogP) is 2.84. The highest BCUT2D eigenvalue weighted by atomic mass is 16.5. The molecule has 1 aromatic heterocycles. The van der Waals surface area contributed by atoms with Crippen LogP contribution in [0.5, 0.6) is 5.75 Å². The Bertz CT molecular complexity index is 615. The van der Waals surface area contributed by atoms with Crippen molar-refractivity contribution in [1.29, 1.82) is 0 Å². The molecule has 0 unspecified atom stereocenters. The van der Waals surface area contributed by atoms with Crippen LogP contribution in [0.1, 0.15) is 31.2 Å². The first-order valence-electron chi connectivity index (χ1n) is 7.97. The van der Waals surface area contributed by atoms with E-state index in [-0.39, 0.29) is 0 Å². The van der Waals surface area contributed by atoms with E-state index >= 15 is 0 Å². The lowest BCUT2D eigenvalue weighted by Gasteiger charge is -2.19. The molecule has 1 aliphatic heterocycles. The molecule has 22 heavy (non-hydrogen) atoms. The molecule has 2 N–H and O–H groups in total. The molecule has 1 aliphatic rings. The lowest BCUT2D eigenvalue weighted by atomic mass is 10.2. The van der Waals surface area contributed by atoms with E-state index in [0.29, 0.717) is 5.82 Å². The zero-order valence-corrected chi connectivity index (χ0v) is 13.2. The molecule has 118 valence electrons. The van der Waals surface area contributed by atoms with E-state index in [1.165, 1.54) is 25.7 Å². The van der Waals surface area contributed by atoms with Crippen molar-refractivity contribution in [3.63, 3.8) is 0 Å². The fourth-order valence-electron chi connectivity index (χ4n) is 3.05. The Morgan fingerprint density at radius 3 is 2.59 bits per heavy atom. The third-order valence-electron chi connectivity index (χ3n) is 4.29. The van der Waals surface area contributed by atoms with E-state index in [1.54, 1.807) is 11.8 Å². The van der Waals surface area contributed by atoms with Crippen LogP contribution >= 0.6 is 0 Å². The third-order valence-corrected chi connectivity index (χ3v) is 4.29. The first-order chi connectivity index (χ1) is 10.8. The summed E-state index contributed by atoms with van der Waals surface area (Å²) in [5.41, 5.74) is 8.30. The number of benzene rings is 1. The molecular formula is C17H24N4O. The lowest BCUT2D eigenvalue weighted by Crippen LogP contribution is -2.24. The Hall–Kier alpha value is -2.01. The van der Waals surface area contributed by atoms with Crippen molar-refractivity contribution >= 4 is 5.82 Å². The Morgan fingerprint density at radius 1 is 1.14 bits per heavy atom. The first-order valence-corrected chi connectivity index (χ1v) is 7.97. The van der Waals surface area contributed by atoms with Crippen molar-refractivity contribution in [2.45, 2.75) is 32.2 Å². The van der Waals surface area contributed by atoms with Crippen LogP contribution in [0.2, 0.25) is 0 Å². The number of rotatable bonds is 4. The van der Waals surface area contributed by atoms with Crippen molar-refractivity contribution < 1.29 is 4.74 Å². The molecule has 3 rings (SSSR count). The largest absolute Gasteiger partial charge is 0.494 e. The zero-order chi connectivity index (χ0) is 15.4. The Labute approximate surface area is 131 Å². The second-order valence-electron chi connectivity index (χ2n) is 5.83. The molecule has 1 saturated heterocycles. The fourth-order valence-corrected chi connectivity index (χ4v) is 3.05. The van der Waals surface area contributed by atoms with E-state index < -0.39 is 0 Å². The number of nitrogens with two attached hydrogens (primary N) is 1. The van der Waals surface area contributed by atoms with Gasteiger partial charge in [0.15, 0.2) is 0 Å². The number of para-hydroxylation sites is 2. The normalized spacial score (nSPS) is 16.4. The number of likely N-dealkylation sites (tertiary alicyclic amines) is 1. The van der Waals surface area contributed by atoms with Crippen molar-refractivity contribution in [2.75, 3.05) is 25.9 Å². The van der Waals surface area contributed by atoms with E-state index in [2.05, 4.69) is 10.00 Å². The van der Waals surface area contributed by atoms with Crippen LogP contribution in [-0.2, 0) is 6.54 Å². The molecular weight excluding hydrogens is 276 g/mol. The number of anilines is 1. The Morgan fingerprint density at radius 2 is 1.86 bits per heavy atom. The molecule has 0 radical (unpaired) electrons. The molecule has 5 heteroatoms. The minimum Gasteiger partial charge on any atom is -0.494 e. The summed E-state index contributed by atoms with van der Waals surface area (Å²) >= 11 is 0. The van der Waals surface area contributed by atoms with Gasteiger partial charge in [0.2, 0.25) is 0 Å². The number of methoxy groups -OCH3 is 1. The highest BCUT2D eigenvalue weighted by Crippen LogP contribution is 2.26. The van der Waals surface area contributed by atoms with Gasteiger partial charge in [-0.05, 0) is 38.1 Å². The molecule has 0 bridgehead atoms. The summed E-state index contributed by atoms with van der Waals surface area (Å²) in [4.78, 5) is 2.48. The SMILES string of the molecule is COc1ccccc1-n1ncc(CN2CCCCCC2)c1N. The third kappa shape index (κ3) is 3.09. The summed E-state index contributed by atoms with van der Waals surface area (Å²) in [6.07, 6.45) is 7.12. The Balaban J connectivity index is 1.82. The smallest absolute Gasteiger partial charge is 0.144 e. The van der Waals surface area contributed by atoms with Gasteiger partial charge in [-0.2, -0.15) is 5.10 Å². The number of hydrogen-bond acceptors (Lipinski definition) is 4. The van der Waals surface area contributed by atoms with Gasteiger partial charge in [0.25, 0.3) is 0 Å². The summed E-state index contributed by atoms with van der Waals surface area (Å²) in [7, 11) is 1.66. The minimum atomic E-state index is 0.703. The average molecular weight is 300 g/mol. The summed E-state index contributed by atoms with van der Waals surface area (Å²) in [5.74, 6) is 1.48. The topological polar surface area (TPSA) is 56.3 Å². The monoisotopic (exact) mass is 300 g/mol. The molecule has 1 fully saturated rings. The van der Waals surface area contributed by atoms with Gasteiger partial charge >= 0.3 is 0 Å². The van der Waals surface area contributed by atoms with Gasteiger partial charge in [-0.25, -0.2) is 4.68 Å². The van der Waals surface area contributed by atoms with E-state index in [4.69, 9.17) is 10.5 Å². The maximum absolute atomic E-state index is 6.33. The second kappa shape index (κ2) is 6.83. The van der Waals surface area contributed by atoms with Crippen molar-refractivity contribution in [3.05, 3.63) is 36.0 Å². The van der Waals surface area contributed by atoms with Crippen LogP contribution in [0.25, 0.3) is 5.69 Å². The van der Waals surface area contributed by atoms with Gasteiger partial charge in [-0.15, -0.1) is 0 Å². The molecule has 2 heterocycles. The van der Waals surface area contributed by atoms with Gasteiger partial charge < -0.3 is 10.5 Å². The summed E-state index contributed by atoms with van der Waals surface area (Å²) in [6, 6.07) is 7.80. The molecule has 0 aliphatic carbocycles. The predicted molar refractivity (Wildman–Crippen MR) is 88.3 cm³/mol. The number of ether oxygens (including phenoxy) is 1. The Kier molecular flexibility index (Phi) is 4.63. The van der Waals surface area contributed by atoms with Crippen LogP contribution < -0.4 is 10.5 Å². The van der Waals surface area contributed by atoms with Crippen LogP contribution in [0, 0.1) is 0 Å². The fraction of sp³-hybridized carbons (Fsp3) is 0.471. The maximum Gasteiger partial charge on any atom is 0.144 e. The molecule has 0 saturated carbocycles. The minimum absolute atomic E-state index is 0.703. The van der Waals surface area contributed by atoms with Gasteiger partial charge in [0.05, 0.1) is 13.3 Å². The quantitative estimate of drug-likeness (QED) is 0.943.